The molecule has 114 valence electrons. The van der Waals surface area contributed by atoms with Crippen LogP contribution in [0.4, 0.5) is 5.95 Å². The number of carbonyl (C=O) groups is 2. The van der Waals surface area contributed by atoms with E-state index in [0.717, 1.165) is 11.0 Å². The van der Waals surface area contributed by atoms with E-state index in [9.17, 15) is 14.7 Å². The number of carboxylic acids is 1. The fourth-order valence-electron chi connectivity index (χ4n) is 2.84. The van der Waals surface area contributed by atoms with E-state index < -0.39 is 17.8 Å². The van der Waals surface area contributed by atoms with Gasteiger partial charge in [-0.25, -0.2) is 4.98 Å². The maximum atomic E-state index is 12.4. The molecule has 2 atom stereocenters. The molecule has 0 aliphatic heterocycles. The molecule has 6 heteroatoms. The lowest BCUT2D eigenvalue weighted by Gasteiger charge is -2.23. The minimum Gasteiger partial charge on any atom is -0.481 e. The molecule has 1 amide bonds. The zero-order valence-electron chi connectivity index (χ0n) is 12.2. The van der Waals surface area contributed by atoms with Gasteiger partial charge in [-0.3, -0.25) is 14.9 Å². The maximum absolute atomic E-state index is 12.4. The number of para-hydroxylation sites is 2. The van der Waals surface area contributed by atoms with E-state index in [2.05, 4.69) is 10.3 Å². The number of fused-ring (bicyclic) bond motifs is 1. The highest BCUT2D eigenvalue weighted by Gasteiger charge is 2.34. The van der Waals surface area contributed by atoms with Gasteiger partial charge in [0.05, 0.1) is 22.9 Å². The summed E-state index contributed by atoms with van der Waals surface area (Å²) in [5.74, 6) is -2.04. The highest BCUT2D eigenvalue weighted by molar-refractivity contribution is 5.95. The molecule has 1 heterocycles. The Morgan fingerprint density at radius 1 is 1.23 bits per heavy atom. The van der Waals surface area contributed by atoms with Crippen molar-refractivity contribution in [2.75, 3.05) is 5.32 Å². The summed E-state index contributed by atoms with van der Waals surface area (Å²) in [6.45, 7) is 0. The van der Waals surface area contributed by atoms with Crippen LogP contribution in [0.2, 0.25) is 0 Å². The van der Waals surface area contributed by atoms with Crippen LogP contribution in [0.25, 0.3) is 11.0 Å². The average molecular weight is 299 g/mol. The summed E-state index contributed by atoms with van der Waals surface area (Å²) >= 11 is 0. The Morgan fingerprint density at radius 3 is 2.59 bits per heavy atom. The standard InChI is InChI=1S/C16H17N3O3/c1-19-13-9-5-4-8-12(13)17-16(19)18-14(20)10-6-2-3-7-11(10)15(21)22/h2-5,8-11H,6-7H2,1H3,(H,21,22)(H,17,18,20)/t10-,11+/m1/s1. The zero-order chi connectivity index (χ0) is 15.7. The number of allylic oxidation sites excluding steroid dienone is 2. The van der Waals surface area contributed by atoms with Crippen LogP contribution in [0.1, 0.15) is 12.8 Å². The molecule has 0 bridgehead atoms. The van der Waals surface area contributed by atoms with E-state index in [4.69, 9.17) is 0 Å². The first-order valence-electron chi connectivity index (χ1n) is 7.18. The summed E-state index contributed by atoms with van der Waals surface area (Å²) in [6, 6.07) is 7.57. The molecule has 6 nitrogen and oxygen atoms in total. The van der Waals surface area contributed by atoms with Crippen LogP contribution in [0.3, 0.4) is 0 Å². The monoisotopic (exact) mass is 299 g/mol. The lowest BCUT2D eigenvalue weighted by atomic mass is 9.82. The molecular weight excluding hydrogens is 282 g/mol. The van der Waals surface area contributed by atoms with Crippen molar-refractivity contribution in [3.05, 3.63) is 36.4 Å². The van der Waals surface area contributed by atoms with E-state index in [-0.39, 0.29) is 5.91 Å². The molecular formula is C16H17N3O3. The van der Waals surface area contributed by atoms with Crippen molar-refractivity contribution in [2.24, 2.45) is 18.9 Å². The molecule has 0 saturated carbocycles. The topological polar surface area (TPSA) is 84.2 Å². The zero-order valence-corrected chi connectivity index (χ0v) is 12.2. The fourth-order valence-corrected chi connectivity index (χ4v) is 2.84. The minimum atomic E-state index is -0.936. The van der Waals surface area contributed by atoms with Crippen LogP contribution in [-0.2, 0) is 16.6 Å². The summed E-state index contributed by atoms with van der Waals surface area (Å²) in [5.41, 5.74) is 1.70. The van der Waals surface area contributed by atoms with Gasteiger partial charge in [0.25, 0.3) is 0 Å². The van der Waals surface area contributed by atoms with E-state index in [0.29, 0.717) is 18.8 Å². The predicted octanol–water partition coefficient (Wildman–Crippen LogP) is 2.18. The third-order valence-corrected chi connectivity index (χ3v) is 4.11. The second-order valence-electron chi connectivity index (χ2n) is 5.47. The number of carbonyl (C=O) groups excluding carboxylic acids is 1. The summed E-state index contributed by atoms with van der Waals surface area (Å²) in [5, 5.41) is 12.0. The number of aryl methyl sites for hydroxylation is 1. The fraction of sp³-hybridized carbons (Fsp3) is 0.312. The van der Waals surface area contributed by atoms with Crippen molar-refractivity contribution in [3.63, 3.8) is 0 Å². The molecule has 1 aromatic heterocycles. The van der Waals surface area contributed by atoms with Crippen LogP contribution in [0.15, 0.2) is 36.4 Å². The summed E-state index contributed by atoms with van der Waals surface area (Å²) in [4.78, 5) is 28.1. The maximum Gasteiger partial charge on any atom is 0.307 e. The Labute approximate surface area is 127 Å². The predicted molar refractivity (Wildman–Crippen MR) is 82.3 cm³/mol. The first-order valence-corrected chi connectivity index (χ1v) is 7.18. The normalized spacial score (nSPS) is 21.0. The van der Waals surface area contributed by atoms with Crippen molar-refractivity contribution in [1.82, 2.24) is 9.55 Å². The first-order chi connectivity index (χ1) is 10.6. The quantitative estimate of drug-likeness (QED) is 0.851. The number of hydrogen-bond acceptors (Lipinski definition) is 3. The van der Waals surface area contributed by atoms with Crippen LogP contribution in [-0.4, -0.2) is 26.5 Å². The summed E-state index contributed by atoms with van der Waals surface area (Å²) in [6.07, 6.45) is 4.50. The van der Waals surface area contributed by atoms with E-state index in [1.165, 1.54) is 0 Å². The number of benzene rings is 1. The van der Waals surface area contributed by atoms with E-state index in [1.807, 2.05) is 43.5 Å². The van der Waals surface area contributed by atoms with Gasteiger partial charge in [0, 0.05) is 7.05 Å². The van der Waals surface area contributed by atoms with Crippen molar-refractivity contribution in [2.45, 2.75) is 12.8 Å². The number of anilines is 1. The van der Waals surface area contributed by atoms with Crippen LogP contribution in [0.5, 0.6) is 0 Å². The molecule has 3 rings (SSSR count). The van der Waals surface area contributed by atoms with Crippen LogP contribution in [0, 0.1) is 11.8 Å². The molecule has 0 spiro atoms. The van der Waals surface area contributed by atoms with Crippen molar-refractivity contribution >= 4 is 28.9 Å². The van der Waals surface area contributed by atoms with Gasteiger partial charge < -0.3 is 9.67 Å². The number of carboxylic acid groups (broad SMARTS) is 1. The minimum absolute atomic E-state index is 0.296. The molecule has 2 N–H and O–H groups in total. The van der Waals surface area contributed by atoms with Crippen molar-refractivity contribution < 1.29 is 14.7 Å². The van der Waals surface area contributed by atoms with E-state index in [1.54, 1.807) is 4.57 Å². The summed E-state index contributed by atoms with van der Waals surface area (Å²) in [7, 11) is 1.82. The Kier molecular flexibility index (Phi) is 3.66. The molecule has 0 saturated heterocycles. The van der Waals surface area contributed by atoms with Gasteiger partial charge in [0.1, 0.15) is 0 Å². The van der Waals surface area contributed by atoms with E-state index >= 15 is 0 Å². The highest BCUT2D eigenvalue weighted by Crippen LogP contribution is 2.27. The van der Waals surface area contributed by atoms with Gasteiger partial charge in [0.2, 0.25) is 11.9 Å². The highest BCUT2D eigenvalue weighted by atomic mass is 16.4. The molecule has 22 heavy (non-hydrogen) atoms. The largest absolute Gasteiger partial charge is 0.481 e. The van der Waals surface area contributed by atoms with Crippen LogP contribution >= 0.6 is 0 Å². The third-order valence-electron chi connectivity index (χ3n) is 4.11. The summed E-state index contributed by atoms with van der Waals surface area (Å²) < 4.78 is 1.79. The lowest BCUT2D eigenvalue weighted by molar-refractivity contribution is -0.146. The smallest absolute Gasteiger partial charge is 0.307 e. The average Bonchev–Trinajstić information content (AvgIpc) is 2.84. The molecule has 1 aliphatic carbocycles. The number of hydrogen-bond donors (Lipinski definition) is 2. The Bertz CT molecular complexity index is 763. The van der Waals surface area contributed by atoms with Gasteiger partial charge in [-0.15, -0.1) is 0 Å². The van der Waals surface area contributed by atoms with Crippen LogP contribution < -0.4 is 5.32 Å². The Balaban J connectivity index is 1.85. The lowest BCUT2D eigenvalue weighted by Crippen LogP contribution is -2.35. The first kappa shape index (κ1) is 14.3. The molecule has 2 aromatic rings. The number of aromatic nitrogens is 2. The molecule has 0 fully saturated rings. The van der Waals surface area contributed by atoms with Gasteiger partial charge in [-0.1, -0.05) is 24.3 Å². The van der Waals surface area contributed by atoms with Crippen molar-refractivity contribution in [3.8, 4) is 0 Å². The van der Waals surface area contributed by atoms with Gasteiger partial charge in [0.15, 0.2) is 0 Å². The van der Waals surface area contributed by atoms with Crippen molar-refractivity contribution in [1.29, 1.82) is 0 Å². The number of nitrogens with zero attached hydrogens (tertiary/aromatic N) is 2. The number of aliphatic carboxylic acids is 1. The molecule has 0 radical (unpaired) electrons. The van der Waals surface area contributed by atoms with Gasteiger partial charge >= 0.3 is 5.97 Å². The number of rotatable bonds is 3. The molecule has 0 unspecified atom stereocenters. The molecule has 1 aromatic carbocycles. The second-order valence-corrected chi connectivity index (χ2v) is 5.47. The third kappa shape index (κ3) is 2.47. The number of imidazole rings is 1. The Hall–Kier alpha value is -2.63. The number of nitrogens with one attached hydrogen (secondary N) is 1. The second kappa shape index (κ2) is 5.63. The van der Waals surface area contributed by atoms with Gasteiger partial charge in [-0.2, -0.15) is 0 Å². The molecule has 1 aliphatic rings. The number of amides is 1. The SMILES string of the molecule is Cn1c(NC(=O)[C@@H]2CC=CC[C@@H]2C(=O)O)nc2ccccc21. The Morgan fingerprint density at radius 2 is 1.91 bits per heavy atom. The van der Waals surface area contributed by atoms with Gasteiger partial charge in [-0.05, 0) is 25.0 Å².